The maximum absolute atomic E-state index is 12.4. The van der Waals surface area contributed by atoms with Gasteiger partial charge < -0.3 is 24.8 Å². The number of carbonyl (C=O) groups is 2. The molecule has 0 spiro atoms. The highest BCUT2D eigenvalue weighted by atomic mass is 127. The van der Waals surface area contributed by atoms with Crippen molar-refractivity contribution in [2.75, 3.05) is 52.9 Å². The van der Waals surface area contributed by atoms with Gasteiger partial charge in [-0.25, -0.2) is 4.79 Å². The molecule has 1 heterocycles. The number of hydrogen-bond acceptors (Lipinski definition) is 4. The third-order valence-electron chi connectivity index (χ3n) is 4.85. The molecule has 30 heavy (non-hydrogen) atoms. The Kier molecular flexibility index (Phi) is 13.3. The number of piperidine rings is 1. The fourth-order valence-corrected chi connectivity index (χ4v) is 3.35. The summed E-state index contributed by atoms with van der Waals surface area (Å²) in [4.78, 5) is 35.0. The van der Waals surface area contributed by atoms with Gasteiger partial charge >= 0.3 is 6.09 Å². The van der Waals surface area contributed by atoms with Gasteiger partial charge in [0.15, 0.2) is 5.96 Å². The number of amides is 2. The number of nitrogens with zero attached hydrogens (tertiary/aromatic N) is 4. The lowest BCUT2D eigenvalue weighted by molar-refractivity contribution is -0.131. The Morgan fingerprint density at radius 1 is 1.20 bits per heavy atom. The molecule has 2 amide bonds. The number of nitrogens with one attached hydrogen (secondary N) is 1. The molecule has 1 rings (SSSR count). The van der Waals surface area contributed by atoms with Gasteiger partial charge in [0.1, 0.15) is 5.60 Å². The zero-order valence-electron chi connectivity index (χ0n) is 19.9. The summed E-state index contributed by atoms with van der Waals surface area (Å²) in [7, 11) is 1.89. The largest absolute Gasteiger partial charge is 0.444 e. The lowest BCUT2D eigenvalue weighted by Gasteiger charge is -2.34. The number of rotatable bonds is 7. The first-order valence-electron chi connectivity index (χ1n) is 10.9. The topological polar surface area (TPSA) is 77.5 Å². The van der Waals surface area contributed by atoms with Gasteiger partial charge in [0.25, 0.3) is 0 Å². The summed E-state index contributed by atoms with van der Waals surface area (Å²) in [6.07, 6.45) is 1.73. The first-order valence-corrected chi connectivity index (χ1v) is 10.9. The molecule has 1 saturated heterocycles. The molecular formula is C21H42IN5O3. The average Bonchev–Trinajstić information content (AvgIpc) is 2.64. The molecule has 0 aromatic heterocycles. The van der Waals surface area contributed by atoms with Crippen LogP contribution in [0.4, 0.5) is 4.79 Å². The Labute approximate surface area is 199 Å². The van der Waals surface area contributed by atoms with Gasteiger partial charge in [0.05, 0.1) is 6.54 Å². The first-order chi connectivity index (χ1) is 13.6. The zero-order chi connectivity index (χ0) is 22.0. The second-order valence-corrected chi connectivity index (χ2v) is 8.55. The molecule has 0 saturated carbocycles. The fraction of sp³-hybridized carbons (Fsp3) is 0.857. The van der Waals surface area contributed by atoms with Crippen molar-refractivity contribution in [2.45, 2.75) is 60.0 Å². The van der Waals surface area contributed by atoms with Gasteiger partial charge in [0, 0.05) is 46.3 Å². The Morgan fingerprint density at radius 3 is 2.37 bits per heavy atom. The smallest absolute Gasteiger partial charge is 0.410 e. The number of likely N-dealkylation sites (N-methyl/N-ethyl adjacent to an activating group) is 2. The van der Waals surface area contributed by atoms with E-state index in [-0.39, 0.29) is 41.9 Å². The van der Waals surface area contributed by atoms with E-state index < -0.39 is 5.60 Å². The van der Waals surface area contributed by atoms with Crippen molar-refractivity contribution in [3.8, 4) is 0 Å². The van der Waals surface area contributed by atoms with E-state index in [1.807, 2.05) is 58.4 Å². The van der Waals surface area contributed by atoms with Crippen LogP contribution in [0.3, 0.4) is 0 Å². The van der Waals surface area contributed by atoms with Crippen molar-refractivity contribution >= 4 is 41.9 Å². The van der Waals surface area contributed by atoms with Crippen LogP contribution in [-0.2, 0) is 9.53 Å². The maximum atomic E-state index is 12.4. The predicted molar refractivity (Wildman–Crippen MR) is 132 cm³/mol. The molecule has 9 heteroatoms. The lowest BCUT2D eigenvalue weighted by atomic mass is 9.98. The van der Waals surface area contributed by atoms with Crippen LogP contribution < -0.4 is 5.32 Å². The van der Waals surface area contributed by atoms with Crippen LogP contribution in [0.2, 0.25) is 0 Å². The predicted octanol–water partition coefficient (Wildman–Crippen LogP) is 3.02. The van der Waals surface area contributed by atoms with Crippen LogP contribution >= 0.6 is 24.0 Å². The van der Waals surface area contributed by atoms with Gasteiger partial charge in [-0.1, -0.05) is 0 Å². The minimum Gasteiger partial charge on any atom is -0.444 e. The Hall–Kier alpha value is -1.26. The Morgan fingerprint density at radius 2 is 1.83 bits per heavy atom. The van der Waals surface area contributed by atoms with Crippen LogP contribution in [0.15, 0.2) is 4.99 Å². The molecule has 0 bridgehead atoms. The molecule has 1 aliphatic heterocycles. The van der Waals surface area contributed by atoms with Gasteiger partial charge in [-0.3, -0.25) is 9.79 Å². The molecule has 0 aliphatic carbocycles. The number of likely N-dealkylation sites (tertiary alicyclic amines) is 1. The summed E-state index contributed by atoms with van der Waals surface area (Å²) >= 11 is 0. The van der Waals surface area contributed by atoms with Gasteiger partial charge in [-0.05, 0) is 60.3 Å². The van der Waals surface area contributed by atoms with E-state index in [9.17, 15) is 9.59 Å². The molecule has 0 aromatic carbocycles. The summed E-state index contributed by atoms with van der Waals surface area (Å²) in [5.41, 5.74) is -0.486. The summed E-state index contributed by atoms with van der Waals surface area (Å²) in [6.45, 7) is 16.1. The molecular weight excluding hydrogens is 497 g/mol. The van der Waals surface area contributed by atoms with E-state index in [1.165, 1.54) is 0 Å². The summed E-state index contributed by atoms with van der Waals surface area (Å²) < 4.78 is 5.50. The second kappa shape index (κ2) is 13.9. The Bertz CT molecular complexity index is 561. The number of halogens is 1. The first kappa shape index (κ1) is 28.7. The molecule has 1 atom stereocenters. The third kappa shape index (κ3) is 10.2. The van der Waals surface area contributed by atoms with E-state index in [0.29, 0.717) is 32.7 Å². The van der Waals surface area contributed by atoms with Crippen LogP contribution in [0.5, 0.6) is 0 Å². The number of hydrogen-bond donors (Lipinski definition) is 1. The van der Waals surface area contributed by atoms with Crippen LogP contribution in [0, 0.1) is 5.92 Å². The highest BCUT2D eigenvalue weighted by Crippen LogP contribution is 2.19. The maximum Gasteiger partial charge on any atom is 0.410 e. The molecule has 0 radical (unpaired) electrons. The second-order valence-electron chi connectivity index (χ2n) is 8.55. The number of ether oxygens (including phenoxy) is 1. The van der Waals surface area contributed by atoms with E-state index in [1.54, 1.807) is 4.90 Å². The number of guanidine groups is 1. The third-order valence-corrected chi connectivity index (χ3v) is 4.85. The molecule has 1 N–H and O–H groups in total. The zero-order valence-corrected chi connectivity index (χ0v) is 22.2. The van der Waals surface area contributed by atoms with Crippen molar-refractivity contribution in [1.82, 2.24) is 20.0 Å². The van der Waals surface area contributed by atoms with E-state index in [0.717, 1.165) is 31.9 Å². The SMILES string of the molecule is CCNC(=NCC1CCCN(C(=O)OC(C)(C)C)C1)N(C)CC(=O)N(CC)CC.I. The van der Waals surface area contributed by atoms with Crippen LogP contribution in [0.25, 0.3) is 0 Å². The summed E-state index contributed by atoms with van der Waals surface area (Å²) in [6, 6.07) is 0. The van der Waals surface area contributed by atoms with Crippen LogP contribution in [0.1, 0.15) is 54.4 Å². The van der Waals surface area contributed by atoms with Gasteiger partial charge in [-0.15, -0.1) is 24.0 Å². The normalized spacial score (nSPS) is 17.1. The number of aliphatic imine (C=N–C) groups is 1. The van der Waals surface area contributed by atoms with Crippen molar-refractivity contribution in [3.05, 3.63) is 0 Å². The van der Waals surface area contributed by atoms with Crippen molar-refractivity contribution in [3.63, 3.8) is 0 Å². The summed E-state index contributed by atoms with van der Waals surface area (Å²) in [5.74, 6) is 1.11. The fourth-order valence-electron chi connectivity index (χ4n) is 3.35. The van der Waals surface area contributed by atoms with Crippen molar-refractivity contribution in [1.29, 1.82) is 0 Å². The number of carbonyl (C=O) groups excluding carboxylic acids is 2. The standard InChI is InChI=1S/C21H41N5O3.HI/c1-8-22-19(24(7)16-18(27)25(9-2)10-3)23-14-17-12-11-13-26(15-17)20(28)29-21(4,5)6;/h17H,8-16H2,1-7H3,(H,22,23);1H. The average molecular weight is 540 g/mol. The quantitative estimate of drug-likeness (QED) is 0.306. The highest BCUT2D eigenvalue weighted by Gasteiger charge is 2.27. The van der Waals surface area contributed by atoms with E-state index in [4.69, 9.17) is 9.73 Å². The minimum atomic E-state index is -0.486. The van der Waals surface area contributed by atoms with Crippen molar-refractivity contribution < 1.29 is 14.3 Å². The Balaban J connectivity index is 0.00000841. The monoisotopic (exact) mass is 539 g/mol. The van der Waals surface area contributed by atoms with E-state index in [2.05, 4.69) is 5.32 Å². The molecule has 1 aliphatic rings. The summed E-state index contributed by atoms with van der Waals surface area (Å²) in [5, 5.41) is 3.27. The minimum absolute atomic E-state index is 0. The van der Waals surface area contributed by atoms with E-state index >= 15 is 0 Å². The molecule has 176 valence electrons. The lowest BCUT2D eigenvalue weighted by Crippen LogP contribution is -2.46. The molecule has 1 fully saturated rings. The molecule has 0 aromatic rings. The van der Waals surface area contributed by atoms with Crippen molar-refractivity contribution in [2.24, 2.45) is 10.9 Å². The van der Waals surface area contributed by atoms with Gasteiger partial charge in [-0.2, -0.15) is 0 Å². The van der Waals surface area contributed by atoms with Crippen LogP contribution in [-0.4, -0.2) is 91.1 Å². The molecule has 8 nitrogen and oxygen atoms in total. The van der Waals surface area contributed by atoms with Gasteiger partial charge in [0.2, 0.25) is 5.91 Å². The molecule has 1 unspecified atom stereocenters. The highest BCUT2D eigenvalue weighted by molar-refractivity contribution is 14.0.